The van der Waals surface area contributed by atoms with Crippen molar-refractivity contribution in [3.05, 3.63) is 52.9 Å². The molecular formula is C18H23FN2O3. The van der Waals surface area contributed by atoms with Crippen LogP contribution in [0.5, 0.6) is 5.75 Å². The molecule has 0 fully saturated rings. The molecule has 0 heterocycles. The summed E-state index contributed by atoms with van der Waals surface area (Å²) in [5, 5.41) is 16.7. The molecule has 4 N–H and O–H groups in total. The van der Waals surface area contributed by atoms with E-state index in [2.05, 4.69) is 0 Å². The van der Waals surface area contributed by atoms with Gasteiger partial charge >= 0.3 is 0 Å². The lowest BCUT2D eigenvalue weighted by Gasteiger charge is -2.26. The number of allylic oxidation sites excluding steroid dienone is 2. The van der Waals surface area contributed by atoms with E-state index < -0.39 is 17.9 Å². The molecule has 1 aromatic carbocycles. The summed E-state index contributed by atoms with van der Waals surface area (Å²) in [4.78, 5) is 12.3. The van der Waals surface area contributed by atoms with Gasteiger partial charge in [0.2, 0.25) is 5.78 Å². The van der Waals surface area contributed by atoms with Gasteiger partial charge in [0.25, 0.3) is 0 Å². The number of Topliss-reactive ketones (excluding diaryl/α,β-unsaturated/α-hetero) is 1. The number of ketones is 1. The summed E-state index contributed by atoms with van der Waals surface area (Å²) < 4.78 is 18.0. The average molecular weight is 334 g/mol. The van der Waals surface area contributed by atoms with Gasteiger partial charge < -0.3 is 21.0 Å². The highest BCUT2D eigenvalue weighted by molar-refractivity contribution is 6.09. The summed E-state index contributed by atoms with van der Waals surface area (Å²) >= 11 is 0. The third kappa shape index (κ3) is 4.94. The molecule has 0 aliphatic rings. The Kier molecular flexibility index (Phi) is 6.70. The average Bonchev–Trinajstić information content (AvgIpc) is 2.55. The lowest BCUT2D eigenvalue weighted by Crippen LogP contribution is -2.27. The van der Waals surface area contributed by atoms with Crippen LogP contribution in [0.15, 0.2) is 47.4 Å². The molecular weight excluding hydrogens is 311 g/mol. The summed E-state index contributed by atoms with van der Waals surface area (Å²) in [6.45, 7) is 4.68. The van der Waals surface area contributed by atoms with Crippen molar-refractivity contribution in [3.63, 3.8) is 0 Å². The Balaban J connectivity index is 3.01. The maximum atomic E-state index is 12.3. The molecule has 0 saturated carbocycles. The molecule has 0 aliphatic heterocycles. The number of phenolic OH excluding ortho intramolecular Hbond substituents is 1. The number of hydrogen-bond donors (Lipinski definition) is 3. The van der Waals surface area contributed by atoms with Crippen LogP contribution in [-0.4, -0.2) is 30.4 Å². The second-order valence-corrected chi connectivity index (χ2v) is 6.02. The molecule has 0 amide bonds. The number of hydrogen-bond acceptors (Lipinski definition) is 5. The molecule has 1 rings (SSSR count). The van der Waals surface area contributed by atoms with Crippen molar-refractivity contribution in [2.75, 3.05) is 13.3 Å². The maximum Gasteiger partial charge on any atom is 0.243 e. The van der Waals surface area contributed by atoms with Gasteiger partial charge in [-0.1, -0.05) is 26.0 Å². The van der Waals surface area contributed by atoms with Crippen LogP contribution in [-0.2, 0) is 14.9 Å². The molecule has 0 aliphatic carbocycles. The first-order chi connectivity index (χ1) is 11.2. The molecule has 0 bridgehead atoms. The topological polar surface area (TPSA) is 96.4 Å². The quantitative estimate of drug-likeness (QED) is 0.387. The van der Waals surface area contributed by atoms with E-state index in [4.69, 9.17) is 15.9 Å². The number of aromatic hydroxyl groups is 1. The number of halogens is 1. The standard InChI is InChI=1S/C18H23FN2O3/c1-12(10-20)17(16(23)15(21)8-9-19)24-11-18(2,3)13-4-6-14(22)7-5-13/h4-8,10,20,22H,9,11,21H2,1-3H3/b15-8+,17-12+,20-10?. The van der Waals surface area contributed by atoms with Gasteiger partial charge in [-0.25, -0.2) is 4.39 Å². The van der Waals surface area contributed by atoms with Gasteiger partial charge in [0.15, 0.2) is 5.76 Å². The van der Waals surface area contributed by atoms with Crippen LogP contribution in [0.25, 0.3) is 0 Å². The minimum Gasteiger partial charge on any atom is -0.508 e. The van der Waals surface area contributed by atoms with E-state index in [0.29, 0.717) is 5.57 Å². The van der Waals surface area contributed by atoms with Crippen molar-refractivity contribution in [1.82, 2.24) is 0 Å². The number of nitrogens with one attached hydrogen (secondary N) is 1. The zero-order valence-electron chi connectivity index (χ0n) is 14.1. The van der Waals surface area contributed by atoms with E-state index in [0.717, 1.165) is 17.9 Å². The number of phenols is 1. The van der Waals surface area contributed by atoms with Crippen molar-refractivity contribution in [1.29, 1.82) is 5.41 Å². The highest BCUT2D eigenvalue weighted by Crippen LogP contribution is 2.26. The summed E-state index contributed by atoms with van der Waals surface area (Å²) in [6.07, 6.45) is 1.96. The van der Waals surface area contributed by atoms with Gasteiger partial charge in [0.05, 0.1) is 12.3 Å². The SMILES string of the molecule is C/C(C=N)=C(\OCC(C)(C)c1ccc(O)cc1)C(=O)/C(N)=C\CF. The molecule has 0 unspecified atom stereocenters. The van der Waals surface area contributed by atoms with Crippen molar-refractivity contribution in [2.24, 2.45) is 5.73 Å². The first kappa shape index (κ1) is 19.4. The number of ether oxygens (including phenoxy) is 1. The van der Waals surface area contributed by atoms with Gasteiger partial charge in [0.1, 0.15) is 12.4 Å². The largest absolute Gasteiger partial charge is 0.508 e. The van der Waals surface area contributed by atoms with Crippen molar-refractivity contribution in [3.8, 4) is 5.75 Å². The van der Waals surface area contributed by atoms with Gasteiger partial charge in [-0.3, -0.25) is 4.79 Å². The molecule has 24 heavy (non-hydrogen) atoms. The number of rotatable bonds is 8. The van der Waals surface area contributed by atoms with Crippen LogP contribution >= 0.6 is 0 Å². The van der Waals surface area contributed by atoms with Crippen molar-refractivity contribution >= 4 is 12.0 Å². The van der Waals surface area contributed by atoms with Gasteiger partial charge in [-0.2, -0.15) is 0 Å². The second-order valence-electron chi connectivity index (χ2n) is 6.02. The Bertz CT molecular complexity index is 661. The molecule has 0 radical (unpaired) electrons. The minimum absolute atomic E-state index is 0.0703. The normalized spacial score (nSPS) is 13.2. The summed E-state index contributed by atoms with van der Waals surface area (Å²) in [6, 6.07) is 6.68. The molecule has 5 nitrogen and oxygen atoms in total. The third-order valence-corrected chi connectivity index (χ3v) is 3.57. The third-order valence-electron chi connectivity index (χ3n) is 3.57. The monoisotopic (exact) mass is 334 g/mol. The van der Waals surface area contributed by atoms with Crippen LogP contribution in [0.2, 0.25) is 0 Å². The van der Waals surface area contributed by atoms with Crippen LogP contribution in [0.1, 0.15) is 26.3 Å². The zero-order chi connectivity index (χ0) is 18.3. The lowest BCUT2D eigenvalue weighted by atomic mass is 9.85. The van der Waals surface area contributed by atoms with Crippen molar-refractivity contribution in [2.45, 2.75) is 26.2 Å². The van der Waals surface area contributed by atoms with E-state index in [1.807, 2.05) is 13.8 Å². The predicted octanol–water partition coefficient (Wildman–Crippen LogP) is 2.99. The summed E-state index contributed by atoms with van der Waals surface area (Å²) in [7, 11) is 0. The highest BCUT2D eigenvalue weighted by atomic mass is 19.1. The number of carbonyl (C=O) groups excluding carboxylic acids is 1. The Morgan fingerprint density at radius 3 is 2.46 bits per heavy atom. The molecule has 0 atom stereocenters. The smallest absolute Gasteiger partial charge is 0.243 e. The van der Waals surface area contributed by atoms with Crippen LogP contribution in [0.4, 0.5) is 4.39 Å². The van der Waals surface area contributed by atoms with E-state index in [1.165, 1.54) is 0 Å². The van der Waals surface area contributed by atoms with E-state index >= 15 is 0 Å². The van der Waals surface area contributed by atoms with Crippen molar-refractivity contribution < 1.29 is 19.0 Å². The Labute approximate surface area is 141 Å². The van der Waals surface area contributed by atoms with Gasteiger partial charge in [-0.15, -0.1) is 0 Å². The van der Waals surface area contributed by atoms with Crippen LogP contribution in [0, 0.1) is 5.41 Å². The molecule has 0 saturated heterocycles. The van der Waals surface area contributed by atoms with Gasteiger partial charge in [0, 0.05) is 17.2 Å². The summed E-state index contributed by atoms with van der Waals surface area (Å²) in [5.41, 5.74) is 6.04. The lowest BCUT2D eigenvalue weighted by molar-refractivity contribution is -0.115. The fourth-order valence-corrected chi connectivity index (χ4v) is 1.98. The Morgan fingerprint density at radius 1 is 1.38 bits per heavy atom. The predicted molar refractivity (Wildman–Crippen MR) is 91.8 cm³/mol. The number of nitrogens with two attached hydrogens (primary N) is 1. The maximum absolute atomic E-state index is 12.3. The molecule has 6 heteroatoms. The molecule has 1 aromatic rings. The zero-order valence-corrected chi connectivity index (χ0v) is 14.1. The van der Waals surface area contributed by atoms with E-state index in [9.17, 15) is 14.3 Å². The fraction of sp³-hybridized carbons (Fsp3) is 0.333. The number of carbonyl (C=O) groups is 1. The van der Waals surface area contributed by atoms with Crippen LogP contribution in [0.3, 0.4) is 0 Å². The summed E-state index contributed by atoms with van der Waals surface area (Å²) in [5.74, 6) is -0.552. The second kappa shape index (κ2) is 8.29. The molecule has 0 spiro atoms. The molecule has 130 valence electrons. The van der Waals surface area contributed by atoms with E-state index in [-0.39, 0.29) is 23.8 Å². The highest BCUT2D eigenvalue weighted by Gasteiger charge is 2.25. The van der Waals surface area contributed by atoms with Gasteiger partial charge in [-0.05, 0) is 30.7 Å². The van der Waals surface area contributed by atoms with Crippen LogP contribution < -0.4 is 5.73 Å². The van der Waals surface area contributed by atoms with E-state index in [1.54, 1.807) is 31.2 Å². The fourth-order valence-electron chi connectivity index (χ4n) is 1.98. The molecule has 0 aromatic heterocycles. The Hall–Kier alpha value is -2.63. The minimum atomic E-state index is -0.854. The first-order valence-electron chi connectivity index (χ1n) is 7.43. The number of benzene rings is 1. The first-order valence-corrected chi connectivity index (χ1v) is 7.43. The number of alkyl halides is 1. The Morgan fingerprint density at radius 2 is 1.96 bits per heavy atom.